The van der Waals surface area contributed by atoms with Crippen molar-refractivity contribution in [3.8, 4) is 0 Å². The minimum absolute atomic E-state index is 0.172. The van der Waals surface area contributed by atoms with Crippen LogP contribution in [-0.2, 0) is 21.4 Å². The maximum atomic E-state index is 13.1. The number of aliphatic hydroxyl groups excluding tert-OH is 1. The lowest BCUT2D eigenvalue weighted by molar-refractivity contribution is 0.193. The lowest BCUT2D eigenvalue weighted by Crippen LogP contribution is -2.26. The molecule has 2 N–H and O–H groups in total. The van der Waals surface area contributed by atoms with Gasteiger partial charge in [-0.2, -0.15) is 0 Å². The lowest BCUT2D eigenvalue weighted by Gasteiger charge is -2.10. The predicted molar refractivity (Wildman–Crippen MR) is 68.6 cm³/mol. The van der Waals surface area contributed by atoms with Crippen LogP contribution in [0.25, 0.3) is 0 Å². The number of hydrogen-bond acceptors (Lipinski definition) is 4. The highest BCUT2D eigenvalue weighted by Gasteiger charge is 2.18. The smallest absolute Gasteiger partial charge is 0.241 e. The Labute approximate surface area is 112 Å². The van der Waals surface area contributed by atoms with E-state index in [1.165, 1.54) is 6.07 Å². The van der Waals surface area contributed by atoms with Gasteiger partial charge in [-0.15, -0.1) is 0 Å². The monoisotopic (exact) mass is 291 g/mol. The number of sulfonamides is 1. The van der Waals surface area contributed by atoms with Crippen LogP contribution in [0.4, 0.5) is 4.39 Å². The number of hydrogen-bond donors (Lipinski definition) is 2. The van der Waals surface area contributed by atoms with E-state index in [0.717, 1.165) is 18.6 Å². The van der Waals surface area contributed by atoms with Crippen molar-refractivity contribution in [2.45, 2.75) is 24.3 Å². The third kappa shape index (κ3) is 4.87. The Hall–Kier alpha value is -1.02. The zero-order valence-corrected chi connectivity index (χ0v) is 11.5. The van der Waals surface area contributed by atoms with Crippen LogP contribution in [0.15, 0.2) is 23.1 Å². The molecule has 0 fully saturated rings. The molecule has 0 heterocycles. The van der Waals surface area contributed by atoms with Crippen LogP contribution in [0.3, 0.4) is 0 Å². The van der Waals surface area contributed by atoms with Gasteiger partial charge in [0, 0.05) is 20.3 Å². The summed E-state index contributed by atoms with van der Waals surface area (Å²) < 4.78 is 44.3. The molecule has 0 saturated heterocycles. The summed E-state index contributed by atoms with van der Waals surface area (Å²) in [5.41, 5.74) is 0.172. The minimum atomic E-state index is -3.80. The van der Waals surface area contributed by atoms with Crippen LogP contribution in [-0.4, -0.2) is 33.8 Å². The highest BCUT2D eigenvalue weighted by molar-refractivity contribution is 7.89. The Bertz CT molecular complexity index is 504. The Balaban J connectivity index is 2.74. The van der Waals surface area contributed by atoms with Crippen LogP contribution < -0.4 is 4.72 Å². The largest absolute Gasteiger partial charge is 0.392 e. The number of methoxy groups -OCH3 is 1. The van der Waals surface area contributed by atoms with Gasteiger partial charge in [0.2, 0.25) is 10.0 Å². The minimum Gasteiger partial charge on any atom is -0.392 e. The number of nitrogens with one attached hydrogen (secondary N) is 1. The van der Waals surface area contributed by atoms with Crippen molar-refractivity contribution in [1.82, 2.24) is 4.72 Å². The molecule has 0 radical (unpaired) electrons. The van der Waals surface area contributed by atoms with E-state index in [4.69, 9.17) is 9.84 Å². The molecule has 108 valence electrons. The Morgan fingerprint density at radius 3 is 2.74 bits per heavy atom. The van der Waals surface area contributed by atoms with Crippen molar-refractivity contribution in [3.05, 3.63) is 29.6 Å². The van der Waals surface area contributed by atoms with Gasteiger partial charge in [-0.1, -0.05) is 6.07 Å². The number of benzene rings is 1. The van der Waals surface area contributed by atoms with Gasteiger partial charge in [0.1, 0.15) is 5.82 Å². The molecule has 1 aromatic rings. The Kier molecular flexibility index (Phi) is 6.36. The fourth-order valence-electron chi connectivity index (χ4n) is 1.56. The molecule has 0 aliphatic heterocycles. The zero-order valence-electron chi connectivity index (χ0n) is 10.7. The first-order chi connectivity index (χ1) is 9.01. The summed E-state index contributed by atoms with van der Waals surface area (Å²) in [5, 5.41) is 9.08. The molecule has 0 amide bonds. The van der Waals surface area contributed by atoms with Crippen molar-refractivity contribution < 1.29 is 22.7 Å². The van der Waals surface area contributed by atoms with Crippen molar-refractivity contribution in [1.29, 1.82) is 0 Å². The third-order valence-electron chi connectivity index (χ3n) is 2.56. The molecule has 1 rings (SSSR count). The molecule has 0 unspecified atom stereocenters. The van der Waals surface area contributed by atoms with Gasteiger partial charge in [0.25, 0.3) is 0 Å². The van der Waals surface area contributed by atoms with Crippen LogP contribution in [0, 0.1) is 5.82 Å². The summed E-state index contributed by atoms with van der Waals surface area (Å²) in [4.78, 5) is -0.221. The molecule has 0 bridgehead atoms. The quantitative estimate of drug-likeness (QED) is 0.701. The van der Waals surface area contributed by atoms with Crippen LogP contribution >= 0.6 is 0 Å². The van der Waals surface area contributed by atoms with Gasteiger partial charge in [-0.3, -0.25) is 0 Å². The second kappa shape index (κ2) is 7.54. The summed E-state index contributed by atoms with van der Waals surface area (Å²) in [5.74, 6) is -0.656. The van der Waals surface area contributed by atoms with Gasteiger partial charge in [0.05, 0.1) is 11.5 Å². The molecule has 0 spiro atoms. The summed E-state index contributed by atoms with van der Waals surface area (Å²) in [6.07, 6.45) is 1.35. The van der Waals surface area contributed by atoms with Gasteiger partial charge in [-0.25, -0.2) is 17.5 Å². The second-order valence-electron chi connectivity index (χ2n) is 4.01. The van der Waals surface area contributed by atoms with Crippen LogP contribution in [0.2, 0.25) is 0 Å². The predicted octanol–water partition coefficient (Wildman–Crippen LogP) is 1.02. The zero-order chi connectivity index (χ0) is 14.3. The first-order valence-electron chi connectivity index (χ1n) is 5.89. The molecule has 7 heteroatoms. The molecular formula is C12H18FNO4S. The van der Waals surface area contributed by atoms with E-state index in [1.54, 1.807) is 7.11 Å². The number of aliphatic hydroxyl groups is 1. The number of halogens is 1. The molecular weight excluding hydrogens is 273 g/mol. The summed E-state index contributed by atoms with van der Waals surface area (Å²) in [6, 6.07) is 3.28. The average molecular weight is 291 g/mol. The molecule has 0 saturated carbocycles. The third-order valence-corrected chi connectivity index (χ3v) is 4.10. The summed E-state index contributed by atoms with van der Waals surface area (Å²) >= 11 is 0. The van der Waals surface area contributed by atoms with Gasteiger partial charge >= 0.3 is 0 Å². The highest BCUT2D eigenvalue weighted by atomic mass is 32.2. The molecule has 0 aliphatic rings. The Morgan fingerprint density at radius 1 is 1.37 bits per heavy atom. The van der Waals surface area contributed by atoms with Gasteiger partial charge in [0.15, 0.2) is 0 Å². The molecule has 5 nitrogen and oxygen atoms in total. The molecule has 19 heavy (non-hydrogen) atoms. The topological polar surface area (TPSA) is 75.6 Å². The lowest BCUT2D eigenvalue weighted by atomic mass is 10.2. The van der Waals surface area contributed by atoms with Gasteiger partial charge in [-0.05, 0) is 30.5 Å². The van der Waals surface area contributed by atoms with E-state index < -0.39 is 22.4 Å². The van der Waals surface area contributed by atoms with Crippen molar-refractivity contribution >= 4 is 10.0 Å². The number of ether oxygens (including phenoxy) is 1. The standard InChI is InChI=1S/C12H18FNO4S/c1-18-7-3-2-6-14-19(16,17)12-8-11(13)5-4-10(12)9-15/h4-5,8,14-15H,2-3,6-7,9H2,1H3. The maximum absolute atomic E-state index is 13.1. The molecule has 0 aliphatic carbocycles. The van der Waals surface area contributed by atoms with Crippen LogP contribution in [0.1, 0.15) is 18.4 Å². The second-order valence-corrected chi connectivity index (χ2v) is 5.74. The van der Waals surface area contributed by atoms with E-state index >= 15 is 0 Å². The maximum Gasteiger partial charge on any atom is 0.241 e. The van der Waals surface area contributed by atoms with E-state index in [9.17, 15) is 12.8 Å². The normalized spacial score (nSPS) is 11.7. The molecule has 1 aromatic carbocycles. The first kappa shape index (κ1) is 16.0. The van der Waals surface area contributed by atoms with Crippen LogP contribution in [0.5, 0.6) is 0 Å². The highest BCUT2D eigenvalue weighted by Crippen LogP contribution is 2.17. The average Bonchev–Trinajstić information content (AvgIpc) is 2.38. The van der Waals surface area contributed by atoms with E-state index in [1.807, 2.05) is 0 Å². The number of unbranched alkanes of at least 4 members (excludes halogenated alkanes) is 1. The van der Waals surface area contributed by atoms with Crippen molar-refractivity contribution in [2.24, 2.45) is 0 Å². The van der Waals surface area contributed by atoms with Crippen molar-refractivity contribution in [2.75, 3.05) is 20.3 Å². The summed E-state index contributed by atoms with van der Waals surface area (Å²) in [7, 11) is -2.23. The fourth-order valence-corrected chi connectivity index (χ4v) is 2.88. The Morgan fingerprint density at radius 2 is 2.11 bits per heavy atom. The fraction of sp³-hybridized carbons (Fsp3) is 0.500. The molecule has 0 atom stereocenters. The van der Waals surface area contributed by atoms with Gasteiger partial charge < -0.3 is 9.84 Å². The molecule has 0 aromatic heterocycles. The van der Waals surface area contributed by atoms with E-state index in [0.29, 0.717) is 13.0 Å². The van der Waals surface area contributed by atoms with E-state index in [-0.39, 0.29) is 17.0 Å². The SMILES string of the molecule is COCCCCNS(=O)(=O)c1cc(F)ccc1CO. The van der Waals surface area contributed by atoms with E-state index in [2.05, 4.69) is 4.72 Å². The first-order valence-corrected chi connectivity index (χ1v) is 7.37. The summed E-state index contributed by atoms with van der Waals surface area (Å²) in [6.45, 7) is 0.344. The van der Waals surface area contributed by atoms with Crippen molar-refractivity contribution in [3.63, 3.8) is 0 Å². The number of rotatable bonds is 8.